The van der Waals surface area contributed by atoms with Crippen molar-refractivity contribution in [2.45, 2.75) is 19.0 Å². The molecule has 1 atom stereocenters. The Bertz CT molecular complexity index is 1030. The molecule has 0 saturated carbocycles. The van der Waals surface area contributed by atoms with Crippen molar-refractivity contribution in [3.05, 3.63) is 59.4 Å². The van der Waals surface area contributed by atoms with Gasteiger partial charge in [-0.05, 0) is 42.3 Å². The Morgan fingerprint density at radius 2 is 1.87 bits per heavy atom. The van der Waals surface area contributed by atoms with Gasteiger partial charge in [0.25, 0.3) is 5.91 Å². The Labute approximate surface area is 172 Å². The van der Waals surface area contributed by atoms with Crippen molar-refractivity contribution < 1.29 is 28.2 Å². The van der Waals surface area contributed by atoms with Crippen LogP contribution in [0.25, 0.3) is 0 Å². The maximum atomic E-state index is 13.1. The van der Waals surface area contributed by atoms with Crippen LogP contribution < -0.4 is 14.8 Å². The summed E-state index contributed by atoms with van der Waals surface area (Å²) < 4.78 is 23.7. The summed E-state index contributed by atoms with van der Waals surface area (Å²) in [5.41, 5.74) is -0.0669. The van der Waals surface area contributed by atoms with Gasteiger partial charge in [-0.1, -0.05) is 18.2 Å². The lowest BCUT2D eigenvalue weighted by atomic mass is 9.91. The average molecular weight is 413 g/mol. The van der Waals surface area contributed by atoms with E-state index in [1.165, 1.54) is 17.0 Å². The van der Waals surface area contributed by atoms with Crippen LogP contribution in [0, 0.1) is 5.82 Å². The van der Waals surface area contributed by atoms with E-state index >= 15 is 0 Å². The van der Waals surface area contributed by atoms with Crippen molar-refractivity contribution in [1.82, 2.24) is 15.1 Å². The third-order valence-electron chi connectivity index (χ3n) is 5.28. The fraction of sp³-hybridized carbons (Fsp3) is 0.286. The van der Waals surface area contributed by atoms with E-state index in [1.807, 2.05) is 0 Å². The number of nitrogens with one attached hydrogen (secondary N) is 1. The van der Waals surface area contributed by atoms with Gasteiger partial charge in [-0.2, -0.15) is 0 Å². The molecule has 156 valence electrons. The Morgan fingerprint density at radius 3 is 2.60 bits per heavy atom. The second kappa shape index (κ2) is 7.33. The molecule has 2 aromatic carbocycles. The van der Waals surface area contributed by atoms with E-state index in [9.17, 15) is 18.8 Å². The number of halogens is 1. The number of benzene rings is 2. The highest BCUT2D eigenvalue weighted by Gasteiger charge is 2.50. The predicted octanol–water partition coefficient (Wildman–Crippen LogP) is 1.98. The van der Waals surface area contributed by atoms with Crippen LogP contribution in [0.1, 0.15) is 18.1 Å². The van der Waals surface area contributed by atoms with Crippen LogP contribution in [0.4, 0.5) is 9.18 Å². The number of rotatable bonds is 5. The summed E-state index contributed by atoms with van der Waals surface area (Å²) >= 11 is 0. The molecule has 9 heteroatoms. The van der Waals surface area contributed by atoms with Gasteiger partial charge in [0.05, 0.1) is 0 Å². The van der Waals surface area contributed by atoms with Crippen molar-refractivity contribution in [2.75, 3.05) is 20.4 Å². The summed E-state index contributed by atoms with van der Waals surface area (Å²) in [4.78, 5) is 40.4. The van der Waals surface area contributed by atoms with Crippen LogP contribution in [0.2, 0.25) is 0 Å². The van der Waals surface area contributed by atoms with E-state index in [1.54, 1.807) is 44.3 Å². The topological polar surface area (TPSA) is 88.2 Å². The third kappa shape index (κ3) is 3.42. The van der Waals surface area contributed by atoms with E-state index in [-0.39, 0.29) is 19.2 Å². The first-order valence-corrected chi connectivity index (χ1v) is 9.30. The van der Waals surface area contributed by atoms with Gasteiger partial charge in [0.15, 0.2) is 11.5 Å². The zero-order valence-electron chi connectivity index (χ0n) is 16.5. The maximum absolute atomic E-state index is 13.1. The molecule has 0 unspecified atom stereocenters. The average Bonchev–Trinajstić information content (AvgIpc) is 3.28. The van der Waals surface area contributed by atoms with E-state index < -0.39 is 29.9 Å². The normalized spacial score (nSPS) is 19.8. The minimum absolute atomic E-state index is 0.0941. The monoisotopic (exact) mass is 413 g/mol. The van der Waals surface area contributed by atoms with Crippen molar-refractivity contribution in [3.63, 3.8) is 0 Å². The van der Waals surface area contributed by atoms with Gasteiger partial charge >= 0.3 is 6.03 Å². The lowest BCUT2D eigenvalue weighted by molar-refractivity contribution is -0.138. The lowest BCUT2D eigenvalue weighted by Crippen LogP contribution is -2.43. The van der Waals surface area contributed by atoms with Gasteiger partial charge in [0.2, 0.25) is 12.7 Å². The van der Waals surface area contributed by atoms with E-state index in [0.29, 0.717) is 17.1 Å². The fourth-order valence-corrected chi connectivity index (χ4v) is 3.45. The van der Waals surface area contributed by atoms with Gasteiger partial charge < -0.3 is 19.7 Å². The Kier molecular flexibility index (Phi) is 4.81. The van der Waals surface area contributed by atoms with Crippen molar-refractivity contribution >= 4 is 17.8 Å². The second-order valence-corrected chi connectivity index (χ2v) is 7.39. The molecule has 0 bridgehead atoms. The molecule has 1 N–H and O–H groups in total. The number of ether oxygens (including phenoxy) is 2. The molecule has 8 nitrogen and oxygen atoms in total. The van der Waals surface area contributed by atoms with Crippen LogP contribution in [-0.4, -0.2) is 48.0 Å². The zero-order valence-corrected chi connectivity index (χ0v) is 16.5. The van der Waals surface area contributed by atoms with Crippen LogP contribution in [0.5, 0.6) is 11.5 Å². The van der Waals surface area contributed by atoms with Crippen LogP contribution in [-0.2, 0) is 21.7 Å². The predicted molar refractivity (Wildman–Crippen MR) is 103 cm³/mol. The minimum Gasteiger partial charge on any atom is -0.454 e. The van der Waals surface area contributed by atoms with Gasteiger partial charge in [0, 0.05) is 13.6 Å². The number of hydrogen-bond donors (Lipinski definition) is 1. The Balaban J connectivity index is 1.47. The number of urea groups is 1. The molecular formula is C21H20FN3O5. The van der Waals surface area contributed by atoms with Crippen molar-refractivity contribution in [1.29, 1.82) is 0 Å². The number of nitrogens with zero attached hydrogens (tertiary/aromatic N) is 2. The molecule has 2 aliphatic heterocycles. The molecule has 4 rings (SSSR count). The van der Waals surface area contributed by atoms with Gasteiger partial charge in [-0.15, -0.1) is 0 Å². The molecule has 2 aliphatic rings. The number of likely N-dealkylation sites (N-methyl/N-ethyl adjacent to an activating group) is 1. The highest BCUT2D eigenvalue weighted by molar-refractivity contribution is 6.09. The number of hydrogen-bond acceptors (Lipinski definition) is 5. The number of fused-ring (bicyclic) bond motifs is 1. The number of imide groups is 1. The molecular weight excluding hydrogens is 393 g/mol. The van der Waals surface area contributed by atoms with Crippen molar-refractivity contribution in [3.8, 4) is 11.5 Å². The first kappa shape index (κ1) is 19.7. The molecule has 0 spiro atoms. The minimum atomic E-state index is -1.33. The second-order valence-electron chi connectivity index (χ2n) is 7.39. The molecule has 4 amide bonds. The molecule has 0 radical (unpaired) electrons. The quantitative estimate of drug-likeness (QED) is 0.758. The summed E-state index contributed by atoms with van der Waals surface area (Å²) in [6.07, 6.45) is 0. The van der Waals surface area contributed by atoms with Crippen LogP contribution in [0.3, 0.4) is 0 Å². The van der Waals surface area contributed by atoms with Crippen LogP contribution in [0.15, 0.2) is 42.5 Å². The smallest absolute Gasteiger partial charge is 0.325 e. The molecule has 0 aliphatic carbocycles. The summed E-state index contributed by atoms with van der Waals surface area (Å²) in [5, 5.41) is 2.67. The number of amides is 4. The van der Waals surface area contributed by atoms with Gasteiger partial charge in [-0.25, -0.2) is 9.18 Å². The number of carbonyl (C=O) groups is 3. The molecule has 2 aromatic rings. The Morgan fingerprint density at radius 1 is 1.17 bits per heavy atom. The first-order chi connectivity index (χ1) is 14.3. The summed E-state index contributed by atoms with van der Waals surface area (Å²) in [6, 6.07) is 10.1. The van der Waals surface area contributed by atoms with E-state index in [0.717, 1.165) is 10.5 Å². The van der Waals surface area contributed by atoms with Crippen LogP contribution >= 0.6 is 0 Å². The molecule has 30 heavy (non-hydrogen) atoms. The van der Waals surface area contributed by atoms with E-state index in [2.05, 4.69) is 5.32 Å². The van der Waals surface area contributed by atoms with E-state index in [4.69, 9.17) is 9.47 Å². The maximum Gasteiger partial charge on any atom is 0.325 e. The third-order valence-corrected chi connectivity index (χ3v) is 5.28. The SMILES string of the molecule is CN(Cc1ccc(F)cc1)C(=O)CN1C(=O)N[C@@](C)(c2ccc3c(c2)OCO3)C1=O. The molecule has 0 aromatic heterocycles. The Hall–Kier alpha value is -3.62. The van der Waals surface area contributed by atoms with Gasteiger partial charge in [0.1, 0.15) is 17.9 Å². The van der Waals surface area contributed by atoms with Crippen molar-refractivity contribution in [2.24, 2.45) is 0 Å². The lowest BCUT2D eigenvalue weighted by Gasteiger charge is -2.23. The fourth-order valence-electron chi connectivity index (χ4n) is 3.45. The number of carbonyl (C=O) groups excluding carboxylic acids is 3. The summed E-state index contributed by atoms with van der Waals surface area (Å²) in [5.74, 6) is -0.263. The zero-order chi connectivity index (χ0) is 21.5. The summed E-state index contributed by atoms with van der Waals surface area (Å²) in [6.45, 7) is 1.50. The van der Waals surface area contributed by atoms with Gasteiger partial charge in [-0.3, -0.25) is 14.5 Å². The first-order valence-electron chi connectivity index (χ1n) is 9.30. The molecule has 1 saturated heterocycles. The largest absolute Gasteiger partial charge is 0.454 e. The highest BCUT2D eigenvalue weighted by Crippen LogP contribution is 2.37. The highest BCUT2D eigenvalue weighted by atomic mass is 19.1. The standard InChI is InChI=1S/C21H20FN3O5/c1-21(14-5-8-16-17(9-14)30-12-29-16)19(27)25(20(28)23-21)11-18(26)24(2)10-13-3-6-15(22)7-4-13/h3-9H,10-12H2,1-2H3,(H,23,28)/t21-/m0/s1. The molecule has 2 heterocycles. The summed E-state index contributed by atoms with van der Waals surface area (Å²) in [7, 11) is 1.56. The molecule has 1 fully saturated rings.